The second kappa shape index (κ2) is 4.95. The third-order valence-corrected chi connectivity index (χ3v) is 4.05. The molecule has 0 N–H and O–H groups in total. The van der Waals surface area contributed by atoms with Crippen LogP contribution in [0.25, 0.3) is 0 Å². The lowest BCUT2D eigenvalue weighted by Gasteiger charge is -2.35. The Bertz CT molecular complexity index is 197. The number of hydrogen-bond acceptors (Lipinski definition) is 1. The van der Waals surface area contributed by atoms with Gasteiger partial charge in [0.15, 0.2) is 0 Å². The van der Waals surface area contributed by atoms with Gasteiger partial charge in [-0.1, -0.05) is 27.2 Å². The Morgan fingerprint density at radius 3 is 2.43 bits per heavy atom. The fraction of sp³-hybridized carbons (Fsp3) is 0.923. The van der Waals surface area contributed by atoms with Crippen LogP contribution in [0.2, 0.25) is 0 Å². The van der Waals surface area contributed by atoms with Crippen molar-refractivity contribution in [3.05, 3.63) is 0 Å². The number of ketones is 1. The average molecular weight is 196 g/mol. The summed E-state index contributed by atoms with van der Waals surface area (Å²) in [7, 11) is 0. The summed E-state index contributed by atoms with van der Waals surface area (Å²) in [6.07, 6.45) is 4.80. The first-order valence-corrected chi connectivity index (χ1v) is 6.00. The van der Waals surface area contributed by atoms with Crippen molar-refractivity contribution in [1.82, 2.24) is 0 Å². The van der Waals surface area contributed by atoms with E-state index in [0.29, 0.717) is 11.7 Å². The van der Waals surface area contributed by atoms with Crippen molar-refractivity contribution in [3.8, 4) is 0 Å². The van der Waals surface area contributed by atoms with Gasteiger partial charge in [0.25, 0.3) is 0 Å². The first-order valence-electron chi connectivity index (χ1n) is 6.00. The maximum Gasteiger partial charge on any atom is 0.130 e. The molecular formula is C13H24O. The lowest BCUT2D eigenvalue weighted by molar-refractivity contribution is -0.118. The molecule has 0 amide bonds. The number of hydrogen-bond donors (Lipinski definition) is 0. The van der Waals surface area contributed by atoms with E-state index in [4.69, 9.17) is 0 Å². The summed E-state index contributed by atoms with van der Waals surface area (Å²) in [6, 6.07) is 0. The van der Waals surface area contributed by atoms with Crippen molar-refractivity contribution in [1.29, 1.82) is 0 Å². The molecule has 1 aliphatic carbocycles. The summed E-state index contributed by atoms with van der Waals surface area (Å²) >= 11 is 0. The topological polar surface area (TPSA) is 17.1 Å². The molecule has 1 aliphatic rings. The van der Waals surface area contributed by atoms with Crippen LogP contribution in [0.1, 0.15) is 53.4 Å². The van der Waals surface area contributed by atoms with Gasteiger partial charge in [0.1, 0.15) is 5.78 Å². The van der Waals surface area contributed by atoms with Gasteiger partial charge in [0, 0.05) is 6.42 Å². The molecule has 4 unspecified atom stereocenters. The highest BCUT2D eigenvalue weighted by atomic mass is 16.1. The second-order valence-electron chi connectivity index (χ2n) is 5.41. The maximum absolute atomic E-state index is 11.0. The van der Waals surface area contributed by atoms with Crippen LogP contribution in [-0.4, -0.2) is 5.78 Å². The van der Waals surface area contributed by atoms with Gasteiger partial charge < -0.3 is 4.79 Å². The smallest absolute Gasteiger partial charge is 0.130 e. The molecule has 1 fully saturated rings. The Morgan fingerprint density at radius 1 is 1.29 bits per heavy atom. The molecule has 1 nitrogen and oxygen atoms in total. The number of carbonyl (C=O) groups is 1. The van der Waals surface area contributed by atoms with Crippen LogP contribution in [0.15, 0.2) is 0 Å². The highest BCUT2D eigenvalue weighted by Gasteiger charge is 2.28. The van der Waals surface area contributed by atoms with Gasteiger partial charge in [-0.15, -0.1) is 0 Å². The first kappa shape index (κ1) is 11.7. The van der Waals surface area contributed by atoms with Crippen LogP contribution in [0.3, 0.4) is 0 Å². The van der Waals surface area contributed by atoms with Gasteiger partial charge in [-0.05, 0) is 43.4 Å². The summed E-state index contributed by atoms with van der Waals surface area (Å²) in [5, 5.41) is 0. The van der Waals surface area contributed by atoms with Crippen LogP contribution in [0.4, 0.5) is 0 Å². The van der Waals surface area contributed by atoms with Crippen molar-refractivity contribution < 1.29 is 4.79 Å². The van der Waals surface area contributed by atoms with Gasteiger partial charge in [-0.3, -0.25) is 0 Å². The predicted octanol–water partition coefficient (Wildman–Crippen LogP) is 3.67. The largest absolute Gasteiger partial charge is 0.300 e. The van der Waals surface area contributed by atoms with E-state index in [1.165, 1.54) is 19.3 Å². The monoisotopic (exact) mass is 196 g/mol. The molecule has 14 heavy (non-hydrogen) atoms. The fourth-order valence-corrected chi connectivity index (χ4v) is 2.73. The zero-order valence-corrected chi connectivity index (χ0v) is 10.0. The molecule has 0 bridgehead atoms. The van der Waals surface area contributed by atoms with E-state index in [0.717, 1.165) is 24.2 Å². The summed E-state index contributed by atoms with van der Waals surface area (Å²) in [4.78, 5) is 11.0. The molecule has 0 aliphatic heterocycles. The van der Waals surface area contributed by atoms with Gasteiger partial charge >= 0.3 is 0 Å². The van der Waals surface area contributed by atoms with Crippen molar-refractivity contribution in [3.63, 3.8) is 0 Å². The summed E-state index contributed by atoms with van der Waals surface area (Å²) < 4.78 is 0. The quantitative estimate of drug-likeness (QED) is 0.673. The zero-order valence-electron chi connectivity index (χ0n) is 10.0. The SMILES string of the molecule is CC(=O)CC(C)C1CCC(C)C(C)C1. The highest BCUT2D eigenvalue weighted by Crippen LogP contribution is 2.37. The van der Waals surface area contributed by atoms with E-state index in [9.17, 15) is 4.79 Å². The summed E-state index contributed by atoms with van der Waals surface area (Å²) in [5.41, 5.74) is 0. The van der Waals surface area contributed by atoms with E-state index in [1.54, 1.807) is 6.92 Å². The minimum Gasteiger partial charge on any atom is -0.300 e. The molecular weight excluding hydrogens is 172 g/mol. The Balaban J connectivity index is 2.41. The normalized spacial score (nSPS) is 35.3. The van der Waals surface area contributed by atoms with Crippen LogP contribution < -0.4 is 0 Å². The molecule has 4 atom stereocenters. The van der Waals surface area contributed by atoms with Gasteiger partial charge in [-0.25, -0.2) is 0 Å². The molecule has 0 heterocycles. The first-order chi connectivity index (χ1) is 6.50. The van der Waals surface area contributed by atoms with Crippen LogP contribution in [0, 0.1) is 23.7 Å². The summed E-state index contributed by atoms with van der Waals surface area (Å²) in [6.45, 7) is 8.67. The lowest BCUT2D eigenvalue weighted by Crippen LogP contribution is -2.25. The molecule has 1 saturated carbocycles. The predicted molar refractivity (Wildman–Crippen MR) is 60.1 cm³/mol. The Morgan fingerprint density at radius 2 is 1.93 bits per heavy atom. The molecule has 82 valence electrons. The number of carbonyl (C=O) groups excluding carboxylic acids is 1. The van der Waals surface area contributed by atoms with Gasteiger partial charge in [0.05, 0.1) is 0 Å². The Kier molecular flexibility index (Phi) is 4.15. The van der Waals surface area contributed by atoms with Gasteiger partial charge in [0.2, 0.25) is 0 Å². The standard InChI is InChI=1S/C13H24O/c1-9-5-6-13(8-10(9)2)11(3)7-12(4)14/h9-11,13H,5-8H2,1-4H3. The molecule has 0 spiro atoms. The molecule has 0 aromatic heterocycles. The Labute approximate surface area is 88.3 Å². The van der Waals surface area contributed by atoms with Crippen LogP contribution in [-0.2, 0) is 4.79 Å². The minimum atomic E-state index is 0.351. The molecule has 1 rings (SSSR count). The highest BCUT2D eigenvalue weighted by molar-refractivity contribution is 5.75. The van der Waals surface area contributed by atoms with E-state index in [1.807, 2.05) is 0 Å². The fourth-order valence-electron chi connectivity index (χ4n) is 2.73. The molecule has 0 radical (unpaired) electrons. The molecule has 0 aromatic carbocycles. The van der Waals surface area contributed by atoms with E-state index in [-0.39, 0.29) is 0 Å². The zero-order chi connectivity index (χ0) is 10.7. The number of rotatable bonds is 3. The lowest BCUT2D eigenvalue weighted by atomic mass is 9.71. The van der Waals surface area contributed by atoms with Crippen molar-refractivity contribution >= 4 is 5.78 Å². The summed E-state index contributed by atoms with van der Waals surface area (Å²) in [5.74, 6) is 3.48. The van der Waals surface area contributed by atoms with Crippen molar-refractivity contribution in [2.24, 2.45) is 23.7 Å². The van der Waals surface area contributed by atoms with Crippen molar-refractivity contribution in [2.75, 3.05) is 0 Å². The second-order valence-corrected chi connectivity index (χ2v) is 5.41. The molecule has 1 heteroatoms. The number of Topliss-reactive ketones (excluding diaryl/α,β-unsaturated/α-hetero) is 1. The average Bonchev–Trinajstić information content (AvgIpc) is 2.08. The van der Waals surface area contributed by atoms with E-state index >= 15 is 0 Å². The Hall–Kier alpha value is -0.330. The molecule has 0 saturated heterocycles. The third-order valence-electron chi connectivity index (χ3n) is 4.05. The van der Waals surface area contributed by atoms with Crippen molar-refractivity contribution in [2.45, 2.75) is 53.4 Å². The molecule has 0 aromatic rings. The van der Waals surface area contributed by atoms with Crippen LogP contribution >= 0.6 is 0 Å². The third kappa shape index (κ3) is 3.11. The van der Waals surface area contributed by atoms with E-state index in [2.05, 4.69) is 20.8 Å². The van der Waals surface area contributed by atoms with E-state index < -0.39 is 0 Å². The maximum atomic E-state index is 11.0. The van der Waals surface area contributed by atoms with Gasteiger partial charge in [-0.2, -0.15) is 0 Å². The minimum absolute atomic E-state index is 0.351. The van der Waals surface area contributed by atoms with Crippen LogP contribution in [0.5, 0.6) is 0 Å².